The van der Waals surface area contributed by atoms with Crippen LogP contribution in [0, 0.1) is 5.82 Å². The first-order valence-electron chi connectivity index (χ1n) is 6.15. The van der Waals surface area contributed by atoms with Gasteiger partial charge in [0.2, 0.25) is 0 Å². The highest BCUT2D eigenvalue weighted by Gasteiger charge is 2.13. The van der Waals surface area contributed by atoms with Crippen LogP contribution in [0.3, 0.4) is 0 Å². The number of phenols is 1. The molecular formula is C15H15FN2O2. The largest absolute Gasteiger partial charge is 0.507 e. The molecule has 4 N–H and O–H groups in total. The normalized spacial score (nSPS) is 11.9. The molecule has 0 heterocycles. The molecule has 0 aliphatic carbocycles. The Kier molecular flexibility index (Phi) is 4.32. The van der Waals surface area contributed by atoms with E-state index in [9.17, 15) is 14.3 Å². The third kappa shape index (κ3) is 3.33. The maximum atomic E-state index is 13.1. The van der Waals surface area contributed by atoms with E-state index in [1.54, 1.807) is 0 Å². The van der Waals surface area contributed by atoms with Gasteiger partial charge in [0.05, 0.1) is 5.56 Å². The zero-order chi connectivity index (χ0) is 14.5. The predicted octanol–water partition coefficient (Wildman–Crippen LogP) is 1.96. The molecule has 1 atom stereocenters. The van der Waals surface area contributed by atoms with Crippen molar-refractivity contribution >= 4 is 5.91 Å². The van der Waals surface area contributed by atoms with Gasteiger partial charge in [0.15, 0.2) is 0 Å². The van der Waals surface area contributed by atoms with E-state index in [0.29, 0.717) is 0 Å². The minimum atomic E-state index is -0.583. The summed E-state index contributed by atoms with van der Waals surface area (Å²) >= 11 is 0. The molecule has 1 unspecified atom stereocenters. The molecule has 0 aromatic heterocycles. The van der Waals surface area contributed by atoms with Crippen LogP contribution in [0.15, 0.2) is 48.5 Å². The molecule has 0 saturated carbocycles. The number of aromatic hydroxyl groups is 1. The van der Waals surface area contributed by atoms with Crippen LogP contribution in [-0.2, 0) is 0 Å². The quantitative estimate of drug-likeness (QED) is 0.797. The van der Waals surface area contributed by atoms with Crippen molar-refractivity contribution in [2.75, 3.05) is 6.54 Å². The first kappa shape index (κ1) is 14.0. The molecule has 0 saturated heterocycles. The van der Waals surface area contributed by atoms with Gasteiger partial charge in [-0.3, -0.25) is 4.79 Å². The van der Waals surface area contributed by atoms with Gasteiger partial charge >= 0.3 is 0 Å². The molecule has 0 radical (unpaired) electrons. The minimum Gasteiger partial charge on any atom is -0.507 e. The molecule has 0 bridgehead atoms. The fourth-order valence-electron chi connectivity index (χ4n) is 1.81. The van der Waals surface area contributed by atoms with Gasteiger partial charge in [0.25, 0.3) is 5.91 Å². The number of hydrogen-bond donors (Lipinski definition) is 3. The molecule has 0 aliphatic rings. The van der Waals surface area contributed by atoms with E-state index in [1.165, 1.54) is 0 Å². The number of nitrogens with two attached hydrogens (primary N) is 1. The number of phenolic OH excluding ortho intramolecular Hbond substituents is 1. The van der Waals surface area contributed by atoms with Crippen LogP contribution in [0.4, 0.5) is 4.39 Å². The van der Waals surface area contributed by atoms with E-state index in [2.05, 4.69) is 5.32 Å². The van der Waals surface area contributed by atoms with E-state index in [-0.39, 0.29) is 23.9 Å². The fraction of sp³-hybridized carbons (Fsp3) is 0.133. The van der Waals surface area contributed by atoms with Crippen molar-refractivity contribution in [2.45, 2.75) is 6.04 Å². The summed E-state index contributed by atoms with van der Waals surface area (Å²) in [5.74, 6) is -1.41. The Hall–Kier alpha value is -2.40. The van der Waals surface area contributed by atoms with E-state index in [4.69, 9.17) is 5.73 Å². The lowest BCUT2D eigenvalue weighted by Gasteiger charge is -2.13. The highest BCUT2D eigenvalue weighted by molar-refractivity contribution is 5.96. The fourth-order valence-corrected chi connectivity index (χ4v) is 1.81. The van der Waals surface area contributed by atoms with Crippen LogP contribution < -0.4 is 11.1 Å². The summed E-state index contributed by atoms with van der Waals surface area (Å²) < 4.78 is 13.1. The number of benzene rings is 2. The summed E-state index contributed by atoms with van der Waals surface area (Å²) in [7, 11) is 0. The van der Waals surface area contributed by atoms with Gasteiger partial charge in [-0.1, -0.05) is 30.3 Å². The Bertz CT molecular complexity index is 602. The number of hydrogen-bond acceptors (Lipinski definition) is 3. The number of rotatable bonds is 4. The summed E-state index contributed by atoms with van der Waals surface area (Å²) in [5, 5.41) is 12.1. The van der Waals surface area contributed by atoms with Crippen molar-refractivity contribution in [1.29, 1.82) is 0 Å². The second kappa shape index (κ2) is 6.16. The summed E-state index contributed by atoms with van der Waals surface area (Å²) in [6.07, 6.45) is 0. The van der Waals surface area contributed by atoms with Crippen molar-refractivity contribution in [2.24, 2.45) is 5.73 Å². The second-order valence-electron chi connectivity index (χ2n) is 4.39. The zero-order valence-corrected chi connectivity index (χ0v) is 10.7. The number of carbonyl (C=O) groups excluding carboxylic acids is 1. The van der Waals surface area contributed by atoms with Crippen molar-refractivity contribution in [3.63, 3.8) is 0 Å². The topological polar surface area (TPSA) is 75.3 Å². The van der Waals surface area contributed by atoms with Gasteiger partial charge in [0, 0.05) is 12.6 Å². The third-order valence-corrected chi connectivity index (χ3v) is 2.91. The Morgan fingerprint density at radius 1 is 1.25 bits per heavy atom. The third-order valence-electron chi connectivity index (χ3n) is 2.91. The van der Waals surface area contributed by atoms with Gasteiger partial charge in [-0.05, 0) is 23.8 Å². The highest BCUT2D eigenvalue weighted by Crippen LogP contribution is 2.17. The average molecular weight is 274 g/mol. The molecule has 0 spiro atoms. The van der Waals surface area contributed by atoms with Crippen LogP contribution in [0.25, 0.3) is 0 Å². The van der Waals surface area contributed by atoms with Gasteiger partial charge in [-0.2, -0.15) is 0 Å². The molecule has 0 aliphatic heterocycles. The summed E-state index contributed by atoms with van der Waals surface area (Å²) in [6, 6.07) is 12.1. The summed E-state index contributed by atoms with van der Waals surface area (Å²) in [5.41, 5.74) is 6.72. The molecule has 20 heavy (non-hydrogen) atoms. The lowest BCUT2D eigenvalue weighted by Crippen LogP contribution is -2.32. The highest BCUT2D eigenvalue weighted by atomic mass is 19.1. The number of amides is 1. The summed E-state index contributed by atoms with van der Waals surface area (Å²) in [4.78, 5) is 11.9. The Labute approximate surface area is 116 Å². The molecule has 0 fully saturated rings. The summed E-state index contributed by atoms with van der Waals surface area (Å²) in [6.45, 7) is 0.193. The smallest absolute Gasteiger partial charge is 0.255 e. The van der Waals surface area contributed by atoms with Gasteiger partial charge in [-0.25, -0.2) is 4.39 Å². The molecular weight excluding hydrogens is 259 g/mol. The Morgan fingerprint density at radius 3 is 2.65 bits per heavy atom. The molecule has 2 aromatic carbocycles. The Morgan fingerprint density at radius 2 is 1.95 bits per heavy atom. The van der Waals surface area contributed by atoms with Crippen molar-refractivity contribution in [1.82, 2.24) is 5.32 Å². The van der Waals surface area contributed by atoms with Crippen LogP contribution in [0.5, 0.6) is 5.75 Å². The molecule has 2 rings (SSSR count). The molecule has 1 amide bonds. The van der Waals surface area contributed by atoms with E-state index < -0.39 is 11.7 Å². The molecule has 2 aromatic rings. The van der Waals surface area contributed by atoms with Gasteiger partial charge in [0.1, 0.15) is 11.6 Å². The van der Waals surface area contributed by atoms with E-state index >= 15 is 0 Å². The zero-order valence-electron chi connectivity index (χ0n) is 10.7. The minimum absolute atomic E-state index is 0.106. The predicted molar refractivity (Wildman–Crippen MR) is 73.8 cm³/mol. The van der Waals surface area contributed by atoms with Crippen molar-refractivity contribution < 1.29 is 14.3 Å². The lowest BCUT2D eigenvalue weighted by atomic mass is 10.1. The molecule has 104 valence electrons. The molecule has 5 heteroatoms. The lowest BCUT2D eigenvalue weighted by molar-refractivity contribution is 0.0948. The van der Waals surface area contributed by atoms with E-state index in [0.717, 1.165) is 23.8 Å². The number of nitrogens with one attached hydrogen (secondary N) is 1. The first-order chi connectivity index (χ1) is 9.58. The van der Waals surface area contributed by atoms with Crippen LogP contribution in [0.2, 0.25) is 0 Å². The SMILES string of the molecule is NC(CNC(=O)c1cc(F)ccc1O)c1ccccc1. The van der Waals surface area contributed by atoms with Crippen LogP contribution in [-0.4, -0.2) is 17.6 Å². The number of carbonyl (C=O) groups is 1. The van der Waals surface area contributed by atoms with Gasteiger partial charge in [-0.15, -0.1) is 0 Å². The maximum Gasteiger partial charge on any atom is 0.255 e. The number of halogens is 1. The van der Waals surface area contributed by atoms with Gasteiger partial charge < -0.3 is 16.2 Å². The van der Waals surface area contributed by atoms with Crippen molar-refractivity contribution in [3.8, 4) is 5.75 Å². The van der Waals surface area contributed by atoms with Crippen LogP contribution >= 0.6 is 0 Å². The standard InChI is InChI=1S/C15H15FN2O2/c16-11-6-7-14(19)12(8-11)15(20)18-9-13(17)10-4-2-1-3-5-10/h1-8,13,19H,9,17H2,(H,18,20). The maximum absolute atomic E-state index is 13.1. The van der Waals surface area contributed by atoms with E-state index in [1.807, 2.05) is 30.3 Å². The first-order valence-corrected chi connectivity index (χ1v) is 6.15. The molecule has 4 nitrogen and oxygen atoms in total. The average Bonchev–Trinajstić information content (AvgIpc) is 2.47. The monoisotopic (exact) mass is 274 g/mol. The Balaban J connectivity index is 2.00. The van der Waals surface area contributed by atoms with Crippen LogP contribution in [0.1, 0.15) is 22.0 Å². The second-order valence-corrected chi connectivity index (χ2v) is 4.39. The van der Waals surface area contributed by atoms with Crippen molar-refractivity contribution in [3.05, 3.63) is 65.5 Å².